The van der Waals surface area contributed by atoms with Crippen molar-refractivity contribution in [2.45, 2.75) is 46.3 Å². The van der Waals surface area contributed by atoms with Crippen LogP contribution in [-0.2, 0) is 9.59 Å². The Morgan fingerprint density at radius 2 is 2.05 bits per heavy atom. The van der Waals surface area contributed by atoms with Gasteiger partial charge in [0, 0.05) is 5.54 Å². The van der Waals surface area contributed by atoms with Crippen LogP contribution in [0.3, 0.4) is 0 Å². The van der Waals surface area contributed by atoms with E-state index in [0.29, 0.717) is 11.4 Å². The number of benzene rings is 1. The Morgan fingerprint density at radius 3 is 2.67 bits per heavy atom. The van der Waals surface area contributed by atoms with Gasteiger partial charge in [-0.05, 0) is 52.3 Å². The number of nitrogens with zero attached hydrogens (tertiary/aromatic N) is 1. The molecule has 2 amide bonds. The molecule has 1 N–H and O–H groups in total. The van der Waals surface area contributed by atoms with Gasteiger partial charge < -0.3 is 10.1 Å². The zero-order valence-corrected chi connectivity index (χ0v) is 13.2. The topological polar surface area (TPSA) is 58.6 Å². The summed E-state index contributed by atoms with van der Waals surface area (Å²) in [6, 6.07) is 5.63. The molecule has 114 valence electrons. The molecule has 0 bridgehead atoms. The average Bonchev–Trinajstić information content (AvgIpc) is 2.34. The van der Waals surface area contributed by atoms with E-state index in [1.54, 1.807) is 6.92 Å². The molecule has 21 heavy (non-hydrogen) atoms. The predicted molar refractivity (Wildman–Crippen MR) is 81.5 cm³/mol. The summed E-state index contributed by atoms with van der Waals surface area (Å²) in [5.41, 5.74) is 1.34. The molecule has 0 spiro atoms. The van der Waals surface area contributed by atoms with Crippen molar-refractivity contribution in [1.82, 2.24) is 5.32 Å². The van der Waals surface area contributed by atoms with Gasteiger partial charge in [0.2, 0.25) is 5.91 Å². The Labute approximate surface area is 125 Å². The first kappa shape index (κ1) is 15.4. The molecule has 0 aromatic heterocycles. The van der Waals surface area contributed by atoms with Crippen LogP contribution in [0.2, 0.25) is 0 Å². The summed E-state index contributed by atoms with van der Waals surface area (Å²) in [4.78, 5) is 25.9. The van der Waals surface area contributed by atoms with E-state index in [1.807, 2.05) is 45.9 Å². The second-order valence-corrected chi connectivity index (χ2v) is 6.45. The number of rotatable bonds is 2. The lowest BCUT2D eigenvalue weighted by molar-refractivity contribution is -0.128. The SMILES string of the molecule is Cc1ccc2c(c1)N(CC(=O)NC(C)(C)C)C(=O)[C@H](C)O2. The number of hydrogen-bond acceptors (Lipinski definition) is 3. The summed E-state index contributed by atoms with van der Waals surface area (Å²) >= 11 is 0. The minimum absolute atomic E-state index is 0.000255. The number of nitrogens with one attached hydrogen (secondary N) is 1. The van der Waals surface area contributed by atoms with Crippen LogP contribution in [-0.4, -0.2) is 30.0 Å². The van der Waals surface area contributed by atoms with Crippen LogP contribution in [0.15, 0.2) is 18.2 Å². The molecule has 1 heterocycles. The Kier molecular flexibility index (Phi) is 3.94. The second-order valence-electron chi connectivity index (χ2n) is 6.45. The molecule has 0 aliphatic carbocycles. The van der Waals surface area contributed by atoms with E-state index in [1.165, 1.54) is 4.90 Å². The minimum atomic E-state index is -0.581. The van der Waals surface area contributed by atoms with Gasteiger partial charge in [0.15, 0.2) is 6.10 Å². The Morgan fingerprint density at radius 1 is 1.38 bits per heavy atom. The third-order valence-electron chi connectivity index (χ3n) is 3.14. The molecule has 1 aliphatic heterocycles. The van der Waals surface area contributed by atoms with Crippen LogP contribution in [0.5, 0.6) is 5.75 Å². The first-order valence-corrected chi connectivity index (χ1v) is 7.07. The Hall–Kier alpha value is -2.04. The molecule has 5 heteroatoms. The molecule has 0 saturated carbocycles. The summed E-state index contributed by atoms with van der Waals surface area (Å²) in [6.07, 6.45) is -0.581. The zero-order chi connectivity index (χ0) is 15.8. The van der Waals surface area contributed by atoms with E-state index in [9.17, 15) is 9.59 Å². The van der Waals surface area contributed by atoms with E-state index >= 15 is 0 Å². The van der Waals surface area contributed by atoms with Gasteiger partial charge >= 0.3 is 0 Å². The summed E-state index contributed by atoms with van der Waals surface area (Å²) in [7, 11) is 0. The van der Waals surface area contributed by atoms with Crippen molar-refractivity contribution >= 4 is 17.5 Å². The highest BCUT2D eigenvalue weighted by Gasteiger charge is 2.33. The number of hydrogen-bond donors (Lipinski definition) is 1. The predicted octanol–water partition coefficient (Wildman–Crippen LogP) is 2.02. The maximum absolute atomic E-state index is 12.3. The van der Waals surface area contributed by atoms with Gasteiger partial charge in [0.25, 0.3) is 5.91 Å². The van der Waals surface area contributed by atoms with Gasteiger partial charge in [-0.25, -0.2) is 0 Å². The van der Waals surface area contributed by atoms with E-state index in [-0.39, 0.29) is 23.9 Å². The highest BCUT2D eigenvalue weighted by molar-refractivity contribution is 6.03. The lowest BCUT2D eigenvalue weighted by Crippen LogP contribution is -2.51. The molecule has 1 aliphatic rings. The number of fused-ring (bicyclic) bond motifs is 1. The maximum atomic E-state index is 12.3. The molecule has 0 fully saturated rings. The molecule has 5 nitrogen and oxygen atoms in total. The molecular formula is C16H22N2O3. The summed E-state index contributed by atoms with van der Waals surface area (Å²) in [5, 5.41) is 2.87. The molecule has 0 saturated heterocycles. The fourth-order valence-electron chi connectivity index (χ4n) is 2.28. The maximum Gasteiger partial charge on any atom is 0.268 e. The summed E-state index contributed by atoms with van der Waals surface area (Å²) in [5.74, 6) is 0.255. The smallest absolute Gasteiger partial charge is 0.268 e. The van der Waals surface area contributed by atoms with Crippen LogP contribution < -0.4 is 15.0 Å². The van der Waals surface area contributed by atoms with E-state index in [4.69, 9.17) is 4.74 Å². The van der Waals surface area contributed by atoms with Crippen molar-refractivity contribution in [3.8, 4) is 5.75 Å². The monoisotopic (exact) mass is 290 g/mol. The van der Waals surface area contributed by atoms with Crippen molar-refractivity contribution in [2.75, 3.05) is 11.4 Å². The highest BCUT2D eigenvalue weighted by Crippen LogP contribution is 2.34. The number of amides is 2. The lowest BCUT2D eigenvalue weighted by Gasteiger charge is -2.33. The van der Waals surface area contributed by atoms with E-state index < -0.39 is 6.10 Å². The molecule has 0 radical (unpaired) electrons. The number of carbonyl (C=O) groups is 2. The van der Waals surface area contributed by atoms with Crippen molar-refractivity contribution < 1.29 is 14.3 Å². The number of ether oxygens (including phenoxy) is 1. The number of carbonyl (C=O) groups excluding carboxylic acids is 2. The normalized spacial score (nSPS) is 18.0. The third-order valence-corrected chi connectivity index (χ3v) is 3.14. The van der Waals surface area contributed by atoms with Crippen LogP contribution in [0.4, 0.5) is 5.69 Å². The standard InChI is InChI=1S/C16H22N2O3/c1-10-6-7-13-12(8-10)18(15(20)11(2)21-13)9-14(19)17-16(3,4)5/h6-8,11H,9H2,1-5H3,(H,17,19)/t11-/m0/s1. The minimum Gasteiger partial charge on any atom is -0.479 e. The average molecular weight is 290 g/mol. The van der Waals surface area contributed by atoms with Crippen molar-refractivity contribution in [3.63, 3.8) is 0 Å². The van der Waals surface area contributed by atoms with Crippen LogP contribution in [0.1, 0.15) is 33.3 Å². The van der Waals surface area contributed by atoms with Crippen molar-refractivity contribution in [2.24, 2.45) is 0 Å². The molecule has 0 unspecified atom stereocenters. The van der Waals surface area contributed by atoms with Crippen LogP contribution in [0, 0.1) is 6.92 Å². The molecule has 1 aromatic carbocycles. The first-order valence-electron chi connectivity index (χ1n) is 7.07. The van der Waals surface area contributed by atoms with Gasteiger partial charge in [0.1, 0.15) is 12.3 Å². The zero-order valence-electron chi connectivity index (χ0n) is 13.2. The van der Waals surface area contributed by atoms with Gasteiger partial charge in [-0.3, -0.25) is 14.5 Å². The van der Waals surface area contributed by atoms with Gasteiger partial charge in [-0.1, -0.05) is 6.07 Å². The van der Waals surface area contributed by atoms with E-state index in [2.05, 4.69) is 5.32 Å². The molecule has 1 atom stereocenters. The third kappa shape index (κ3) is 3.54. The number of aryl methyl sites for hydroxylation is 1. The van der Waals surface area contributed by atoms with Crippen LogP contribution in [0.25, 0.3) is 0 Å². The number of anilines is 1. The fourth-order valence-corrected chi connectivity index (χ4v) is 2.28. The highest BCUT2D eigenvalue weighted by atomic mass is 16.5. The Bertz CT molecular complexity index is 575. The molecule has 2 rings (SSSR count). The van der Waals surface area contributed by atoms with Gasteiger partial charge in [-0.15, -0.1) is 0 Å². The lowest BCUT2D eigenvalue weighted by atomic mass is 10.1. The quantitative estimate of drug-likeness (QED) is 0.906. The van der Waals surface area contributed by atoms with Gasteiger partial charge in [0.05, 0.1) is 5.69 Å². The van der Waals surface area contributed by atoms with Crippen LogP contribution >= 0.6 is 0 Å². The second kappa shape index (κ2) is 5.39. The van der Waals surface area contributed by atoms with Gasteiger partial charge in [-0.2, -0.15) is 0 Å². The molecule has 1 aromatic rings. The largest absolute Gasteiger partial charge is 0.479 e. The van der Waals surface area contributed by atoms with E-state index in [0.717, 1.165) is 5.56 Å². The fraction of sp³-hybridized carbons (Fsp3) is 0.500. The molecular weight excluding hydrogens is 268 g/mol. The Balaban J connectivity index is 2.27. The van der Waals surface area contributed by atoms with Crippen molar-refractivity contribution in [1.29, 1.82) is 0 Å². The summed E-state index contributed by atoms with van der Waals surface area (Å²) < 4.78 is 5.59. The summed E-state index contributed by atoms with van der Waals surface area (Å²) in [6.45, 7) is 9.36. The van der Waals surface area contributed by atoms with Crippen molar-refractivity contribution in [3.05, 3.63) is 23.8 Å². The first-order chi connectivity index (χ1) is 9.67.